The maximum absolute atomic E-state index is 5.49. The second kappa shape index (κ2) is 5.70. The molecule has 2 aromatic heterocycles. The lowest BCUT2D eigenvalue weighted by atomic mass is 10.1. The van der Waals surface area contributed by atoms with Crippen molar-refractivity contribution in [3.8, 4) is 28.8 Å². The highest BCUT2D eigenvalue weighted by atomic mass is 16.5. The van der Waals surface area contributed by atoms with Crippen LogP contribution in [0.1, 0.15) is 5.69 Å². The van der Waals surface area contributed by atoms with Crippen molar-refractivity contribution in [1.82, 2.24) is 9.38 Å². The molecule has 21 heavy (non-hydrogen) atoms. The zero-order chi connectivity index (χ0) is 14.7. The summed E-state index contributed by atoms with van der Waals surface area (Å²) in [5.41, 5.74) is 9.18. The van der Waals surface area contributed by atoms with E-state index in [1.807, 2.05) is 34.7 Å². The van der Waals surface area contributed by atoms with Gasteiger partial charge < -0.3 is 10.5 Å². The monoisotopic (exact) mass is 277 g/mol. The Labute approximate surface area is 123 Å². The molecule has 0 unspecified atom stereocenters. The first-order chi connectivity index (χ1) is 10.3. The third-order valence-corrected chi connectivity index (χ3v) is 3.21. The van der Waals surface area contributed by atoms with Crippen molar-refractivity contribution < 1.29 is 4.74 Å². The maximum Gasteiger partial charge on any atom is 0.200 e. The highest BCUT2D eigenvalue weighted by Crippen LogP contribution is 2.27. The van der Waals surface area contributed by atoms with Gasteiger partial charge in [-0.3, -0.25) is 4.40 Å². The molecule has 0 aliphatic carbocycles. The summed E-state index contributed by atoms with van der Waals surface area (Å²) in [5, 5.41) is 0. The molecule has 3 aromatic rings. The highest BCUT2D eigenvalue weighted by molar-refractivity contribution is 5.69. The average molecular weight is 277 g/mol. The van der Waals surface area contributed by atoms with Crippen LogP contribution in [0, 0.1) is 11.8 Å². The molecule has 2 heterocycles. The molecule has 0 radical (unpaired) electrons. The summed E-state index contributed by atoms with van der Waals surface area (Å²) < 4.78 is 7.38. The van der Waals surface area contributed by atoms with E-state index in [1.54, 1.807) is 13.3 Å². The summed E-state index contributed by atoms with van der Waals surface area (Å²) in [6, 6.07) is 14.1. The van der Waals surface area contributed by atoms with Gasteiger partial charge in [-0.25, -0.2) is 4.98 Å². The quantitative estimate of drug-likeness (QED) is 0.731. The lowest BCUT2D eigenvalue weighted by Crippen LogP contribution is -1.98. The van der Waals surface area contributed by atoms with Crippen LogP contribution in [0.5, 0.6) is 5.88 Å². The first-order valence-corrected chi connectivity index (χ1v) is 6.63. The Bertz CT molecular complexity index is 826. The van der Waals surface area contributed by atoms with E-state index in [-0.39, 0.29) is 0 Å². The number of ether oxygens (including phenoxy) is 1. The minimum Gasteiger partial charge on any atom is -0.482 e. The minimum atomic E-state index is 0.317. The highest BCUT2D eigenvalue weighted by Gasteiger charge is 2.10. The van der Waals surface area contributed by atoms with Crippen LogP contribution >= 0.6 is 0 Å². The Morgan fingerprint density at radius 2 is 2.00 bits per heavy atom. The van der Waals surface area contributed by atoms with Gasteiger partial charge in [-0.1, -0.05) is 36.3 Å². The van der Waals surface area contributed by atoms with Gasteiger partial charge in [0.05, 0.1) is 19.9 Å². The second-order valence-electron chi connectivity index (χ2n) is 4.50. The molecule has 0 saturated heterocycles. The zero-order valence-corrected chi connectivity index (χ0v) is 11.7. The number of nitrogens with zero attached hydrogens (tertiary/aromatic N) is 2. The van der Waals surface area contributed by atoms with Gasteiger partial charge in [0.1, 0.15) is 11.3 Å². The van der Waals surface area contributed by atoms with Crippen LogP contribution < -0.4 is 10.5 Å². The molecule has 3 rings (SSSR count). The Morgan fingerprint density at radius 1 is 1.19 bits per heavy atom. The van der Waals surface area contributed by atoms with Crippen LogP contribution in [-0.4, -0.2) is 23.0 Å². The molecule has 2 N–H and O–H groups in total. The maximum atomic E-state index is 5.49. The molecule has 0 amide bonds. The Morgan fingerprint density at radius 3 is 2.71 bits per heavy atom. The van der Waals surface area contributed by atoms with E-state index in [0.29, 0.717) is 12.4 Å². The molecule has 0 atom stereocenters. The molecule has 4 nitrogen and oxygen atoms in total. The number of rotatable bonds is 2. The summed E-state index contributed by atoms with van der Waals surface area (Å²) >= 11 is 0. The van der Waals surface area contributed by atoms with E-state index in [9.17, 15) is 0 Å². The number of nitrogens with two attached hydrogens (primary N) is 1. The predicted molar refractivity (Wildman–Crippen MR) is 83.1 cm³/mol. The van der Waals surface area contributed by atoms with Crippen LogP contribution in [0.2, 0.25) is 0 Å². The van der Waals surface area contributed by atoms with Crippen molar-refractivity contribution in [2.45, 2.75) is 0 Å². The molecule has 0 bridgehead atoms. The standard InChI is InChI=1S/C17H15N3O/c1-21-17-11-14(13-6-3-2-4-7-13)10-16-19-12-15(20(16)17)8-5-9-18/h2-4,6-7,10-12H,9,18H2,1H3. The van der Waals surface area contributed by atoms with E-state index in [4.69, 9.17) is 10.5 Å². The van der Waals surface area contributed by atoms with Gasteiger partial charge in [-0.2, -0.15) is 0 Å². The van der Waals surface area contributed by atoms with Crippen LogP contribution in [-0.2, 0) is 0 Å². The summed E-state index contributed by atoms with van der Waals surface area (Å²) in [6.45, 7) is 0.317. The van der Waals surface area contributed by atoms with Crippen LogP contribution in [0.3, 0.4) is 0 Å². The normalized spacial score (nSPS) is 10.2. The van der Waals surface area contributed by atoms with E-state index < -0.39 is 0 Å². The van der Waals surface area contributed by atoms with Gasteiger partial charge in [0.25, 0.3) is 0 Å². The third kappa shape index (κ3) is 2.47. The number of benzene rings is 1. The van der Waals surface area contributed by atoms with Crippen molar-refractivity contribution in [2.75, 3.05) is 13.7 Å². The van der Waals surface area contributed by atoms with E-state index in [1.165, 1.54) is 0 Å². The molecule has 0 aliphatic heterocycles. The number of methoxy groups -OCH3 is 1. The van der Waals surface area contributed by atoms with Crippen molar-refractivity contribution in [3.05, 3.63) is 54.4 Å². The average Bonchev–Trinajstić information content (AvgIpc) is 2.96. The lowest BCUT2D eigenvalue weighted by Gasteiger charge is -2.09. The zero-order valence-electron chi connectivity index (χ0n) is 11.7. The van der Waals surface area contributed by atoms with Crippen molar-refractivity contribution in [1.29, 1.82) is 0 Å². The van der Waals surface area contributed by atoms with Crippen LogP contribution in [0.25, 0.3) is 16.8 Å². The summed E-state index contributed by atoms with van der Waals surface area (Å²) in [6.07, 6.45) is 1.73. The Hall–Kier alpha value is -2.77. The molecular formula is C17H15N3O. The third-order valence-electron chi connectivity index (χ3n) is 3.21. The summed E-state index contributed by atoms with van der Waals surface area (Å²) in [4.78, 5) is 4.41. The lowest BCUT2D eigenvalue weighted by molar-refractivity contribution is 0.392. The fraction of sp³-hybridized carbons (Fsp3) is 0.118. The molecule has 0 aliphatic rings. The van der Waals surface area contributed by atoms with Gasteiger partial charge in [0, 0.05) is 6.07 Å². The second-order valence-corrected chi connectivity index (χ2v) is 4.50. The topological polar surface area (TPSA) is 52.5 Å². The number of imidazole rings is 1. The SMILES string of the molecule is COc1cc(-c2ccccc2)cc2ncc(C#CCN)n12. The van der Waals surface area contributed by atoms with Crippen molar-refractivity contribution >= 4 is 5.65 Å². The minimum absolute atomic E-state index is 0.317. The van der Waals surface area contributed by atoms with Gasteiger partial charge >= 0.3 is 0 Å². The van der Waals surface area contributed by atoms with Crippen molar-refractivity contribution in [3.63, 3.8) is 0 Å². The Kier molecular flexibility index (Phi) is 3.59. The fourth-order valence-corrected chi connectivity index (χ4v) is 2.26. The molecule has 0 fully saturated rings. The molecule has 1 aromatic carbocycles. The van der Waals surface area contributed by atoms with Gasteiger partial charge in [0.15, 0.2) is 0 Å². The summed E-state index contributed by atoms with van der Waals surface area (Å²) in [5.74, 6) is 6.55. The first-order valence-electron chi connectivity index (χ1n) is 6.63. The van der Waals surface area contributed by atoms with Gasteiger partial charge in [-0.05, 0) is 23.1 Å². The van der Waals surface area contributed by atoms with E-state index in [2.05, 4.69) is 29.0 Å². The van der Waals surface area contributed by atoms with Crippen LogP contribution in [0.4, 0.5) is 0 Å². The Balaban J connectivity index is 2.20. The van der Waals surface area contributed by atoms with Crippen molar-refractivity contribution in [2.24, 2.45) is 5.73 Å². The largest absolute Gasteiger partial charge is 0.482 e. The number of fused-ring (bicyclic) bond motifs is 1. The number of hydrogen-bond donors (Lipinski definition) is 1. The summed E-state index contributed by atoms with van der Waals surface area (Å²) in [7, 11) is 1.64. The molecule has 0 saturated carbocycles. The first kappa shape index (κ1) is 13.2. The smallest absolute Gasteiger partial charge is 0.200 e. The van der Waals surface area contributed by atoms with Gasteiger partial charge in [-0.15, -0.1) is 0 Å². The predicted octanol–water partition coefficient (Wildman–Crippen LogP) is 2.32. The van der Waals surface area contributed by atoms with Crippen LogP contribution in [0.15, 0.2) is 48.7 Å². The molecule has 104 valence electrons. The number of pyridine rings is 1. The molecule has 0 spiro atoms. The molecular weight excluding hydrogens is 262 g/mol. The van der Waals surface area contributed by atoms with Gasteiger partial charge in [0.2, 0.25) is 5.88 Å². The fourth-order valence-electron chi connectivity index (χ4n) is 2.26. The number of hydrogen-bond acceptors (Lipinski definition) is 3. The molecule has 4 heteroatoms. The van der Waals surface area contributed by atoms with E-state index >= 15 is 0 Å². The number of aromatic nitrogens is 2. The van der Waals surface area contributed by atoms with E-state index in [0.717, 1.165) is 22.5 Å².